The summed E-state index contributed by atoms with van der Waals surface area (Å²) >= 11 is 1.65. The third kappa shape index (κ3) is 2.91. The van der Waals surface area contributed by atoms with Gasteiger partial charge in [-0.1, -0.05) is 0 Å². The molecule has 0 saturated carbocycles. The Morgan fingerprint density at radius 2 is 2.00 bits per heavy atom. The zero-order valence-electron chi connectivity index (χ0n) is 11.2. The van der Waals surface area contributed by atoms with Gasteiger partial charge in [0.1, 0.15) is 4.90 Å². The number of benzene rings is 1. The minimum absolute atomic E-state index is 0.117. The lowest BCUT2D eigenvalue weighted by Crippen LogP contribution is -2.46. The molecule has 0 bridgehead atoms. The van der Waals surface area contributed by atoms with E-state index in [9.17, 15) is 17.2 Å². The molecular weight excluding hydrogens is 306 g/mol. The van der Waals surface area contributed by atoms with Crippen molar-refractivity contribution in [3.8, 4) is 0 Å². The molecule has 1 aliphatic rings. The molecule has 2 N–H and O–H groups in total. The highest BCUT2D eigenvalue weighted by Gasteiger charge is 2.36. The number of nitrogen functional groups attached to an aromatic ring is 1. The summed E-state index contributed by atoms with van der Waals surface area (Å²) in [6.45, 7) is 4.34. The average molecular weight is 322 g/mol. The molecule has 1 heterocycles. The van der Waals surface area contributed by atoms with E-state index in [0.717, 1.165) is 12.1 Å². The van der Waals surface area contributed by atoms with E-state index >= 15 is 0 Å². The molecule has 112 valence electrons. The highest BCUT2D eigenvalue weighted by molar-refractivity contribution is 8.00. The SMILES string of the molecule is CC1(C)CN(S(=O)(=O)c2cc(N)cc(F)c2F)CCS1. The molecule has 0 aliphatic carbocycles. The minimum Gasteiger partial charge on any atom is -0.399 e. The van der Waals surface area contributed by atoms with Crippen LogP contribution in [0.3, 0.4) is 0 Å². The fourth-order valence-electron chi connectivity index (χ4n) is 2.09. The normalized spacial score (nSPS) is 20.0. The molecule has 0 radical (unpaired) electrons. The van der Waals surface area contributed by atoms with Gasteiger partial charge in [-0.15, -0.1) is 0 Å². The van der Waals surface area contributed by atoms with E-state index in [4.69, 9.17) is 5.73 Å². The van der Waals surface area contributed by atoms with E-state index < -0.39 is 26.6 Å². The largest absolute Gasteiger partial charge is 0.399 e. The Labute approximate surface area is 121 Å². The van der Waals surface area contributed by atoms with Crippen molar-refractivity contribution in [1.82, 2.24) is 4.31 Å². The van der Waals surface area contributed by atoms with Crippen molar-refractivity contribution in [2.45, 2.75) is 23.5 Å². The molecule has 0 spiro atoms. The fraction of sp³-hybridized carbons (Fsp3) is 0.500. The molecular formula is C12H16F2N2O2S2. The van der Waals surface area contributed by atoms with E-state index in [2.05, 4.69) is 0 Å². The molecule has 4 nitrogen and oxygen atoms in total. The van der Waals surface area contributed by atoms with Gasteiger partial charge in [0.15, 0.2) is 11.6 Å². The predicted molar refractivity (Wildman–Crippen MR) is 76.1 cm³/mol. The van der Waals surface area contributed by atoms with Crippen molar-refractivity contribution in [2.75, 3.05) is 24.6 Å². The van der Waals surface area contributed by atoms with Gasteiger partial charge in [0, 0.05) is 29.3 Å². The van der Waals surface area contributed by atoms with Crippen LogP contribution in [0.1, 0.15) is 13.8 Å². The summed E-state index contributed by atoms with van der Waals surface area (Å²) in [5.74, 6) is -2.02. The number of hydrogen-bond donors (Lipinski definition) is 1. The lowest BCUT2D eigenvalue weighted by Gasteiger charge is -2.36. The Balaban J connectivity index is 2.46. The number of thioether (sulfide) groups is 1. The number of sulfonamides is 1. The van der Waals surface area contributed by atoms with Gasteiger partial charge >= 0.3 is 0 Å². The van der Waals surface area contributed by atoms with Gasteiger partial charge in [0.05, 0.1) is 0 Å². The molecule has 1 aromatic rings. The Hall–Kier alpha value is -0.860. The second-order valence-electron chi connectivity index (χ2n) is 5.26. The number of nitrogens with two attached hydrogens (primary N) is 1. The van der Waals surface area contributed by atoms with E-state index in [1.165, 1.54) is 4.31 Å². The maximum Gasteiger partial charge on any atom is 0.246 e. The molecule has 0 atom stereocenters. The summed E-state index contributed by atoms with van der Waals surface area (Å²) < 4.78 is 53.0. The lowest BCUT2D eigenvalue weighted by molar-refractivity contribution is 0.383. The molecule has 1 fully saturated rings. The molecule has 0 aromatic heterocycles. The quantitative estimate of drug-likeness (QED) is 0.847. The smallest absolute Gasteiger partial charge is 0.246 e. The van der Waals surface area contributed by atoms with Gasteiger partial charge in [-0.3, -0.25) is 0 Å². The van der Waals surface area contributed by atoms with E-state index in [1.807, 2.05) is 13.8 Å². The molecule has 1 aromatic carbocycles. The molecule has 1 aliphatic heterocycles. The van der Waals surface area contributed by atoms with Crippen LogP contribution in [0.2, 0.25) is 0 Å². The van der Waals surface area contributed by atoms with Crippen LogP contribution in [0.5, 0.6) is 0 Å². The first-order chi connectivity index (χ1) is 9.13. The number of halogens is 2. The topological polar surface area (TPSA) is 63.4 Å². The third-order valence-corrected chi connectivity index (χ3v) is 6.17. The monoisotopic (exact) mass is 322 g/mol. The van der Waals surface area contributed by atoms with Crippen LogP contribution < -0.4 is 5.73 Å². The first-order valence-electron chi connectivity index (χ1n) is 6.02. The fourth-order valence-corrected chi connectivity index (χ4v) is 5.11. The first-order valence-corrected chi connectivity index (χ1v) is 8.45. The maximum atomic E-state index is 13.8. The van der Waals surface area contributed by atoms with Crippen LogP contribution in [0.4, 0.5) is 14.5 Å². The van der Waals surface area contributed by atoms with Gasteiger partial charge in [-0.2, -0.15) is 16.1 Å². The molecule has 2 rings (SSSR count). The second kappa shape index (κ2) is 5.16. The lowest BCUT2D eigenvalue weighted by atomic mass is 10.2. The van der Waals surface area contributed by atoms with Gasteiger partial charge in [-0.25, -0.2) is 17.2 Å². The van der Waals surface area contributed by atoms with Crippen LogP contribution in [0.15, 0.2) is 17.0 Å². The minimum atomic E-state index is -4.08. The zero-order chi connectivity index (χ0) is 15.1. The van der Waals surface area contributed by atoms with E-state index in [1.54, 1.807) is 11.8 Å². The number of anilines is 1. The van der Waals surface area contributed by atoms with Gasteiger partial charge in [0.2, 0.25) is 10.0 Å². The average Bonchev–Trinajstić information content (AvgIpc) is 2.32. The summed E-state index contributed by atoms with van der Waals surface area (Å²) in [6, 6.07) is 1.73. The van der Waals surface area contributed by atoms with E-state index in [-0.39, 0.29) is 23.5 Å². The first kappa shape index (κ1) is 15.5. The maximum absolute atomic E-state index is 13.8. The van der Waals surface area contributed by atoms with E-state index in [0.29, 0.717) is 5.75 Å². The van der Waals surface area contributed by atoms with Crippen molar-refractivity contribution in [1.29, 1.82) is 0 Å². The number of rotatable bonds is 2. The summed E-state index contributed by atoms with van der Waals surface area (Å²) in [6.07, 6.45) is 0. The number of hydrogen-bond acceptors (Lipinski definition) is 4. The molecule has 1 saturated heterocycles. The zero-order valence-corrected chi connectivity index (χ0v) is 12.8. The van der Waals surface area contributed by atoms with Crippen LogP contribution >= 0.6 is 11.8 Å². The Bertz CT molecular complexity index is 633. The summed E-state index contributed by atoms with van der Waals surface area (Å²) in [7, 11) is -4.08. The third-order valence-electron chi connectivity index (χ3n) is 3.03. The second-order valence-corrected chi connectivity index (χ2v) is 8.97. The van der Waals surface area contributed by atoms with Crippen molar-refractivity contribution < 1.29 is 17.2 Å². The van der Waals surface area contributed by atoms with Crippen LogP contribution in [-0.4, -0.2) is 36.3 Å². The summed E-state index contributed by atoms with van der Waals surface area (Å²) in [4.78, 5) is -0.697. The molecule has 0 unspecified atom stereocenters. The van der Waals surface area contributed by atoms with Crippen LogP contribution in [0.25, 0.3) is 0 Å². The van der Waals surface area contributed by atoms with Crippen LogP contribution in [-0.2, 0) is 10.0 Å². The van der Waals surface area contributed by atoms with Crippen LogP contribution in [0, 0.1) is 11.6 Å². The molecule has 20 heavy (non-hydrogen) atoms. The Morgan fingerprint density at radius 3 is 2.60 bits per heavy atom. The Kier molecular flexibility index (Phi) is 4.01. The van der Waals surface area contributed by atoms with Gasteiger partial charge in [0.25, 0.3) is 0 Å². The summed E-state index contributed by atoms with van der Waals surface area (Å²) in [5, 5.41) is 0. The molecule has 0 amide bonds. The highest BCUT2D eigenvalue weighted by Crippen LogP contribution is 2.33. The molecule has 8 heteroatoms. The summed E-state index contributed by atoms with van der Waals surface area (Å²) in [5.41, 5.74) is 5.30. The van der Waals surface area contributed by atoms with Crippen molar-refractivity contribution in [2.24, 2.45) is 0 Å². The van der Waals surface area contributed by atoms with Crippen molar-refractivity contribution in [3.05, 3.63) is 23.8 Å². The standard InChI is InChI=1S/C12H16F2N2O2S2/c1-12(2)7-16(3-4-19-12)20(17,18)10-6-8(15)5-9(13)11(10)14/h5-6H,3-4,7,15H2,1-2H3. The highest BCUT2D eigenvalue weighted by atomic mass is 32.2. The Morgan fingerprint density at radius 1 is 1.35 bits per heavy atom. The van der Waals surface area contributed by atoms with Crippen molar-refractivity contribution in [3.63, 3.8) is 0 Å². The van der Waals surface area contributed by atoms with Gasteiger partial charge < -0.3 is 5.73 Å². The van der Waals surface area contributed by atoms with Gasteiger partial charge in [-0.05, 0) is 26.0 Å². The number of nitrogens with zero attached hydrogens (tertiary/aromatic N) is 1. The van der Waals surface area contributed by atoms with Crippen molar-refractivity contribution >= 4 is 27.5 Å². The predicted octanol–water partition coefficient (Wildman–Crippen LogP) is 2.06.